The van der Waals surface area contributed by atoms with Gasteiger partial charge in [-0.2, -0.15) is 0 Å². The van der Waals surface area contributed by atoms with Crippen LogP contribution in [0.15, 0.2) is 24.3 Å². The molecular weight excluding hydrogens is 235 g/mol. The number of aliphatic hydroxyl groups is 1. The van der Waals surface area contributed by atoms with E-state index in [1.165, 1.54) is 12.1 Å². The molecule has 2 atom stereocenters. The average Bonchev–Trinajstić information content (AvgIpc) is 2.90. The highest BCUT2D eigenvalue weighted by atomic mass is 19.1. The summed E-state index contributed by atoms with van der Waals surface area (Å²) in [6.07, 6.45) is 0.770. The maximum atomic E-state index is 13.4. The third-order valence-corrected chi connectivity index (χ3v) is 3.11. The van der Waals surface area contributed by atoms with Crippen molar-refractivity contribution in [3.63, 3.8) is 0 Å². The third-order valence-electron chi connectivity index (χ3n) is 3.11. The number of rotatable bonds is 4. The molecule has 0 aliphatic carbocycles. The summed E-state index contributed by atoms with van der Waals surface area (Å²) < 4.78 is 13.4. The lowest BCUT2D eigenvalue weighted by atomic mass is 10.1. The van der Waals surface area contributed by atoms with Gasteiger partial charge in [0.2, 0.25) is 5.91 Å². The minimum Gasteiger partial charge on any atom is -0.386 e. The molecule has 0 spiro atoms. The summed E-state index contributed by atoms with van der Waals surface area (Å²) >= 11 is 0. The van der Waals surface area contributed by atoms with Crippen molar-refractivity contribution in [1.82, 2.24) is 10.6 Å². The molecule has 0 saturated carbocycles. The number of amides is 1. The minimum absolute atomic E-state index is 0.0257. The van der Waals surface area contributed by atoms with Gasteiger partial charge in [0, 0.05) is 12.1 Å². The van der Waals surface area contributed by atoms with Gasteiger partial charge in [-0.25, -0.2) is 4.39 Å². The molecule has 0 unspecified atom stereocenters. The zero-order valence-corrected chi connectivity index (χ0v) is 10.0. The van der Waals surface area contributed by atoms with E-state index in [1.54, 1.807) is 12.1 Å². The van der Waals surface area contributed by atoms with Crippen molar-refractivity contribution in [3.8, 4) is 0 Å². The Kier molecular flexibility index (Phi) is 4.28. The normalized spacial score (nSPS) is 20.7. The van der Waals surface area contributed by atoms with Crippen LogP contribution < -0.4 is 10.6 Å². The van der Waals surface area contributed by atoms with Crippen molar-refractivity contribution < 1.29 is 14.3 Å². The molecule has 3 N–H and O–H groups in total. The predicted octanol–water partition coefficient (Wildman–Crippen LogP) is 0.727. The lowest BCUT2D eigenvalue weighted by Crippen LogP contribution is -2.41. The molecule has 1 aliphatic rings. The van der Waals surface area contributed by atoms with Crippen LogP contribution in [0, 0.1) is 5.82 Å². The molecule has 1 aromatic carbocycles. The van der Waals surface area contributed by atoms with Gasteiger partial charge in [-0.1, -0.05) is 18.2 Å². The standard InChI is InChI=1S/C13H17FN2O2/c14-10-5-2-1-4-9(10)12(17)8-16-13(18)11-6-3-7-15-11/h1-2,4-5,11-12,15,17H,3,6-8H2,(H,16,18)/t11-,12-/m0/s1. The van der Waals surface area contributed by atoms with E-state index in [4.69, 9.17) is 0 Å². The number of nitrogens with one attached hydrogen (secondary N) is 2. The van der Waals surface area contributed by atoms with E-state index >= 15 is 0 Å². The fourth-order valence-electron chi connectivity index (χ4n) is 2.08. The van der Waals surface area contributed by atoms with E-state index in [9.17, 15) is 14.3 Å². The first-order chi connectivity index (χ1) is 8.68. The SMILES string of the molecule is O=C(NC[C@H](O)c1ccccc1F)[C@@H]1CCCN1. The van der Waals surface area contributed by atoms with Crippen LogP contribution in [0.2, 0.25) is 0 Å². The molecule has 1 amide bonds. The highest BCUT2D eigenvalue weighted by molar-refractivity contribution is 5.82. The summed E-state index contributed by atoms with van der Waals surface area (Å²) in [7, 11) is 0. The molecule has 1 aromatic rings. The summed E-state index contributed by atoms with van der Waals surface area (Å²) in [6, 6.07) is 5.84. The van der Waals surface area contributed by atoms with Crippen molar-refractivity contribution in [2.24, 2.45) is 0 Å². The Morgan fingerprint density at radius 1 is 1.56 bits per heavy atom. The first kappa shape index (κ1) is 13.0. The molecule has 1 heterocycles. The molecule has 2 rings (SSSR count). The second-order valence-electron chi connectivity index (χ2n) is 4.43. The van der Waals surface area contributed by atoms with Crippen LogP contribution >= 0.6 is 0 Å². The number of aliphatic hydroxyl groups excluding tert-OH is 1. The molecule has 1 aliphatic heterocycles. The Balaban J connectivity index is 1.86. The van der Waals surface area contributed by atoms with E-state index in [0.29, 0.717) is 0 Å². The van der Waals surface area contributed by atoms with Gasteiger partial charge >= 0.3 is 0 Å². The molecule has 0 aromatic heterocycles. The van der Waals surface area contributed by atoms with Gasteiger partial charge in [0.15, 0.2) is 0 Å². The quantitative estimate of drug-likeness (QED) is 0.740. The molecule has 4 nitrogen and oxygen atoms in total. The molecule has 0 bridgehead atoms. The van der Waals surface area contributed by atoms with Crippen LogP contribution in [0.1, 0.15) is 24.5 Å². The van der Waals surface area contributed by atoms with Crippen molar-refractivity contribution in [1.29, 1.82) is 0 Å². The Bertz CT molecular complexity index is 419. The van der Waals surface area contributed by atoms with Gasteiger partial charge in [0.05, 0.1) is 12.1 Å². The number of halogens is 1. The zero-order chi connectivity index (χ0) is 13.0. The minimum atomic E-state index is -1.02. The lowest BCUT2D eigenvalue weighted by molar-refractivity contribution is -0.123. The third kappa shape index (κ3) is 3.05. The smallest absolute Gasteiger partial charge is 0.237 e. The van der Waals surface area contributed by atoms with Gasteiger partial charge in [-0.3, -0.25) is 4.79 Å². The van der Waals surface area contributed by atoms with Crippen molar-refractivity contribution in [2.75, 3.05) is 13.1 Å². The van der Waals surface area contributed by atoms with Gasteiger partial charge < -0.3 is 15.7 Å². The highest BCUT2D eigenvalue weighted by Crippen LogP contribution is 2.15. The number of carbonyl (C=O) groups is 1. The number of hydrogen-bond acceptors (Lipinski definition) is 3. The second-order valence-corrected chi connectivity index (χ2v) is 4.43. The molecule has 1 fully saturated rings. The second kappa shape index (κ2) is 5.93. The van der Waals surface area contributed by atoms with Gasteiger partial charge in [0.25, 0.3) is 0 Å². The van der Waals surface area contributed by atoms with Gasteiger partial charge in [-0.05, 0) is 25.5 Å². The van der Waals surface area contributed by atoms with Crippen molar-refractivity contribution >= 4 is 5.91 Å². The summed E-state index contributed by atoms with van der Waals surface area (Å²) in [6.45, 7) is 0.867. The zero-order valence-electron chi connectivity index (χ0n) is 10.0. The fraction of sp³-hybridized carbons (Fsp3) is 0.462. The first-order valence-electron chi connectivity index (χ1n) is 6.12. The highest BCUT2D eigenvalue weighted by Gasteiger charge is 2.22. The Morgan fingerprint density at radius 2 is 2.33 bits per heavy atom. The number of hydrogen-bond donors (Lipinski definition) is 3. The average molecular weight is 252 g/mol. The first-order valence-corrected chi connectivity index (χ1v) is 6.12. The summed E-state index contributed by atoms with van der Waals surface area (Å²) in [5.41, 5.74) is 0.206. The fourth-order valence-corrected chi connectivity index (χ4v) is 2.08. The summed E-state index contributed by atoms with van der Waals surface area (Å²) in [5.74, 6) is -0.596. The maximum absolute atomic E-state index is 13.4. The Morgan fingerprint density at radius 3 is 3.00 bits per heavy atom. The van der Waals surface area contributed by atoms with Crippen LogP contribution in [0.4, 0.5) is 4.39 Å². The molecule has 98 valence electrons. The Hall–Kier alpha value is -1.46. The number of benzene rings is 1. The van der Waals surface area contributed by atoms with Crippen LogP contribution in [-0.2, 0) is 4.79 Å². The molecule has 1 saturated heterocycles. The summed E-state index contributed by atoms with van der Waals surface area (Å²) in [5, 5.41) is 15.5. The molecule has 5 heteroatoms. The van der Waals surface area contributed by atoms with Gasteiger partial charge in [0.1, 0.15) is 5.82 Å². The van der Waals surface area contributed by atoms with Crippen molar-refractivity contribution in [2.45, 2.75) is 25.0 Å². The van der Waals surface area contributed by atoms with E-state index < -0.39 is 11.9 Å². The van der Waals surface area contributed by atoms with Crippen LogP contribution in [0.25, 0.3) is 0 Å². The topological polar surface area (TPSA) is 61.4 Å². The monoisotopic (exact) mass is 252 g/mol. The molecule has 0 radical (unpaired) electrons. The van der Waals surface area contributed by atoms with Crippen LogP contribution in [0.5, 0.6) is 0 Å². The van der Waals surface area contributed by atoms with Gasteiger partial charge in [-0.15, -0.1) is 0 Å². The van der Waals surface area contributed by atoms with E-state index in [-0.39, 0.29) is 24.1 Å². The van der Waals surface area contributed by atoms with Crippen LogP contribution in [0.3, 0.4) is 0 Å². The molecule has 18 heavy (non-hydrogen) atoms. The predicted molar refractivity (Wildman–Crippen MR) is 65.4 cm³/mol. The van der Waals surface area contributed by atoms with Crippen LogP contribution in [-0.4, -0.2) is 30.1 Å². The van der Waals surface area contributed by atoms with E-state index in [2.05, 4.69) is 10.6 Å². The van der Waals surface area contributed by atoms with E-state index in [1.807, 2.05) is 0 Å². The maximum Gasteiger partial charge on any atom is 0.237 e. The molecular formula is C13H17FN2O2. The lowest BCUT2D eigenvalue weighted by Gasteiger charge is -2.15. The summed E-state index contributed by atoms with van der Waals surface area (Å²) in [4.78, 5) is 11.7. The number of carbonyl (C=O) groups excluding carboxylic acids is 1. The van der Waals surface area contributed by atoms with E-state index in [0.717, 1.165) is 19.4 Å². The Labute approximate surface area is 105 Å². The largest absolute Gasteiger partial charge is 0.386 e. The van der Waals surface area contributed by atoms with Crippen molar-refractivity contribution in [3.05, 3.63) is 35.6 Å².